The summed E-state index contributed by atoms with van der Waals surface area (Å²) in [6.45, 7) is 0.219. The van der Waals surface area contributed by atoms with Crippen LogP contribution in [-0.2, 0) is 9.47 Å². The quantitative estimate of drug-likeness (QED) is 0.741. The molecule has 1 aromatic carbocycles. The van der Waals surface area contributed by atoms with Crippen LogP contribution in [0.15, 0.2) is 18.2 Å². The van der Waals surface area contributed by atoms with Gasteiger partial charge < -0.3 is 29.6 Å². The van der Waals surface area contributed by atoms with E-state index in [1.165, 1.54) is 28.4 Å². The summed E-state index contributed by atoms with van der Waals surface area (Å²) < 4.78 is 20.3. The molecule has 0 atom stereocenters. The highest BCUT2D eigenvalue weighted by atomic mass is 16.7. The highest BCUT2D eigenvalue weighted by molar-refractivity contribution is 5.92. The lowest BCUT2D eigenvalue weighted by atomic mass is 10.2. The molecule has 0 aromatic heterocycles. The number of carbonyl (C=O) groups excluding carboxylic acids is 1. The Kier molecular flexibility index (Phi) is 6.61. The number of benzene rings is 1. The van der Waals surface area contributed by atoms with Gasteiger partial charge in [-0.1, -0.05) is 6.07 Å². The molecule has 0 heterocycles. The first-order valence-corrected chi connectivity index (χ1v) is 5.97. The number of hydrogen-bond donors (Lipinski definition) is 2. The Bertz CT molecular complexity index is 413. The zero-order valence-electron chi connectivity index (χ0n) is 12.1. The Labute approximate surface area is 118 Å². The van der Waals surface area contributed by atoms with Gasteiger partial charge in [0.1, 0.15) is 17.2 Å². The average molecular weight is 284 g/mol. The molecule has 0 saturated heterocycles. The second kappa shape index (κ2) is 8.23. The number of ether oxygens (including phenoxy) is 4. The van der Waals surface area contributed by atoms with Crippen molar-refractivity contribution in [1.29, 1.82) is 0 Å². The van der Waals surface area contributed by atoms with Gasteiger partial charge in [-0.3, -0.25) is 0 Å². The zero-order chi connectivity index (χ0) is 15.0. The maximum Gasteiger partial charge on any atom is 0.319 e. The molecule has 0 aliphatic heterocycles. The number of anilines is 1. The molecule has 20 heavy (non-hydrogen) atoms. The summed E-state index contributed by atoms with van der Waals surface area (Å²) in [7, 11) is 6.03. The fourth-order valence-corrected chi connectivity index (χ4v) is 1.57. The number of amides is 2. The summed E-state index contributed by atoms with van der Waals surface area (Å²) in [4.78, 5) is 11.8. The number of nitrogens with one attached hydrogen (secondary N) is 2. The highest BCUT2D eigenvalue weighted by Crippen LogP contribution is 2.33. The first kappa shape index (κ1) is 16.1. The number of hydrogen-bond acceptors (Lipinski definition) is 5. The van der Waals surface area contributed by atoms with Crippen LogP contribution >= 0.6 is 0 Å². The fraction of sp³-hybridized carbons (Fsp3) is 0.462. The Morgan fingerprint density at radius 3 is 2.10 bits per heavy atom. The van der Waals surface area contributed by atoms with Crippen LogP contribution in [0.5, 0.6) is 11.5 Å². The third kappa shape index (κ3) is 4.29. The molecule has 0 unspecified atom stereocenters. The minimum atomic E-state index is -0.500. The third-order valence-electron chi connectivity index (χ3n) is 2.62. The van der Waals surface area contributed by atoms with Crippen LogP contribution in [0.2, 0.25) is 0 Å². The van der Waals surface area contributed by atoms with E-state index in [-0.39, 0.29) is 6.54 Å². The summed E-state index contributed by atoms with van der Waals surface area (Å²) in [5, 5.41) is 5.30. The highest BCUT2D eigenvalue weighted by Gasteiger charge is 2.14. The van der Waals surface area contributed by atoms with E-state index in [9.17, 15) is 4.79 Å². The predicted molar refractivity (Wildman–Crippen MR) is 74.4 cm³/mol. The maximum absolute atomic E-state index is 11.8. The monoisotopic (exact) mass is 284 g/mol. The van der Waals surface area contributed by atoms with Crippen LogP contribution in [0.1, 0.15) is 0 Å². The minimum Gasteiger partial charge on any atom is -0.494 e. The lowest BCUT2D eigenvalue weighted by Crippen LogP contribution is -2.37. The van der Waals surface area contributed by atoms with Crippen molar-refractivity contribution in [2.45, 2.75) is 6.29 Å². The Morgan fingerprint density at radius 2 is 1.65 bits per heavy atom. The largest absolute Gasteiger partial charge is 0.494 e. The summed E-state index contributed by atoms with van der Waals surface area (Å²) in [6.07, 6.45) is -0.500. The van der Waals surface area contributed by atoms with Crippen molar-refractivity contribution in [2.24, 2.45) is 0 Å². The Balaban J connectivity index is 2.70. The van der Waals surface area contributed by atoms with Crippen LogP contribution in [-0.4, -0.2) is 47.3 Å². The van der Waals surface area contributed by atoms with Gasteiger partial charge in [0.25, 0.3) is 0 Å². The molecular formula is C13H20N2O5. The van der Waals surface area contributed by atoms with Gasteiger partial charge >= 0.3 is 6.03 Å². The lowest BCUT2D eigenvalue weighted by molar-refractivity contribution is -0.0970. The summed E-state index contributed by atoms with van der Waals surface area (Å²) in [5.74, 6) is 1.02. The van der Waals surface area contributed by atoms with E-state index in [1.807, 2.05) is 0 Å². The molecule has 0 fully saturated rings. The molecule has 2 N–H and O–H groups in total. The summed E-state index contributed by atoms with van der Waals surface area (Å²) >= 11 is 0. The first-order chi connectivity index (χ1) is 9.65. The lowest BCUT2D eigenvalue weighted by Gasteiger charge is -2.16. The fourth-order valence-electron chi connectivity index (χ4n) is 1.57. The molecule has 0 radical (unpaired) electrons. The van der Waals surface area contributed by atoms with Crippen LogP contribution in [0.3, 0.4) is 0 Å². The molecule has 0 aliphatic rings. The summed E-state index contributed by atoms with van der Waals surface area (Å²) in [6, 6.07) is 4.82. The van der Waals surface area contributed by atoms with E-state index < -0.39 is 12.3 Å². The molecular weight excluding hydrogens is 264 g/mol. The standard InChI is InChI=1S/C13H20N2O5/c1-17-9-6-5-7-10(18-2)12(9)15-13(16)14-8-11(19-3)20-4/h5-7,11H,8H2,1-4H3,(H2,14,15,16). The van der Waals surface area contributed by atoms with Gasteiger partial charge in [-0.2, -0.15) is 0 Å². The topological polar surface area (TPSA) is 78.1 Å². The van der Waals surface area contributed by atoms with Gasteiger partial charge in [-0.05, 0) is 12.1 Å². The van der Waals surface area contributed by atoms with Gasteiger partial charge in [0.2, 0.25) is 0 Å². The zero-order valence-corrected chi connectivity index (χ0v) is 12.1. The molecule has 112 valence electrons. The van der Waals surface area contributed by atoms with Gasteiger partial charge in [0.15, 0.2) is 6.29 Å². The third-order valence-corrected chi connectivity index (χ3v) is 2.62. The average Bonchev–Trinajstić information content (AvgIpc) is 2.48. The first-order valence-electron chi connectivity index (χ1n) is 5.97. The van der Waals surface area contributed by atoms with Gasteiger partial charge in [-0.25, -0.2) is 4.79 Å². The van der Waals surface area contributed by atoms with E-state index >= 15 is 0 Å². The van der Waals surface area contributed by atoms with Gasteiger partial charge in [0.05, 0.1) is 20.8 Å². The van der Waals surface area contributed by atoms with Crippen molar-refractivity contribution < 1.29 is 23.7 Å². The molecule has 2 amide bonds. The van der Waals surface area contributed by atoms with E-state index in [0.29, 0.717) is 17.2 Å². The smallest absolute Gasteiger partial charge is 0.319 e. The van der Waals surface area contributed by atoms with Crippen molar-refractivity contribution in [3.8, 4) is 11.5 Å². The second-order valence-corrected chi connectivity index (χ2v) is 3.77. The number of methoxy groups -OCH3 is 4. The minimum absolute atomic E-state index is 0.219. The van der Waals surface area contributed by atoms with Gasteiger partial charge in [0, 0.05) is 14.2 Å². The van der Waals surface area contributed by atoms with E-state index in [2.05, 4.69) is 10.6 Å². The van der Waals surface area contributed by atoms with Crippen molar-refractivity contribution >= 4 is 11.7 Å². The Morgan fingerprint density at radius 1 is 1.10 bits per heavy atom. The Hall–Kier alpha value is -1.99. The van der Waals surface area contributed by atoms with Crippen LogP contribution in [0.25, 0.3) is 0 Å². The van der Waals surface area contributed by atoms with E-state index in [0.717, 1.165) is 0 Å². The predicted octanol–water partition coefficient (Wildman–Crippen LogP) is 1.44. The number of rotatable bonds is 7. The maximum atomic E-state index is 11.8. The molecule has 0 bridgehead atoms. The van der Waals surface area contributed by atoms with Crippen molar-refractivity contribution in [2.75, 3.05) is 40.3 Å². The number of para-hydroxylation sites is 1. The molecule has 1 aromatic rings. The molecule has 0 aliphatic carbocycles. The van der Waals surface area contributed by atoms with Crippen LogP contribution in [0, 0.1) is 0 Å². The summed E-state index contributed by atoms with van der Waals surface area (Å²) in [5.41, 5.74) is 0.460. The number of urea groups is 1. The second-order valence-electron chi connectivity index (χ2n) is 3.77. The molecule has 1 rings (SSSR count). The van der Waals surface area contributed by atoms with E-state index in [1.54, 1.807) is 18.2 Å². The van der Waals surface area contributed by atoms with Crippen molar-refractivity contribution in [3.05, 3.63) is 18.2 Å². The molecule has 7 nitrogen and oxygen atoms in total. The molecule has 7 heteroatoms. The normalized spacial score (nSPS) is 10.2. The SMILES string of the molecule is COc1cccc(OC)c1NC(=O)NCC(OC)OC. The molecule has 0 saturated carbocycles. The van der Waals surface area contributed by atoms with Gasteiger partial charge in [-0.15, -0.1) is 0 Å². The number of carbonyl (C=O) groups is 1. The van der Waals surface area contributed by atoms with Crippen molar-refractivity contribution in [3.63, 3.8) is 0 Å². The van der Waals surface area contributed by atoms with Crippen molar-refractivity contribution in [1.82, 2.24) is 5.32 Å². The van der Waals surface area contributed by atoms with Crippen LogP contribution in [0.4, 0.5) is 10.5 Å². The van der Waals surface area contributed by atoms with E-state index in [4.69, 9.17) is 18.9 Å². The molecule has 0 spiro atoms. The van der Waals surface area contributed by atoms with Crippen LogP contribution < -0.4 is 20.1 Å².